The molecule has 0 aromatic heterocycles. The zero-order chi connectivity index (χ0) is 15.2. The van der Waals surface area contributed by atoms with E-state index >= 15 is 0 Å². The van der Waals surface area contributed by atoms with Gasteiger partial charge in [-0.05, 0) is 23.9 Å². The Bertz CT molecular complexity index is 679. The Kier molecular flexibility index (Phi) is 4.99. The molecule has 114 valence electrons. The van der Waals surface area contributed by atoms with E-state index in [0.717, 1.165) is 24.2 Å². The summed E-state index contributed by atoms with van der Waals surface area (Å²) in [6, 6.07) is 14.6. The fourth-order valence-electron chi connectivity index (χ4n) is 2.55. The Balaban J connectivity index is 1.79. The molecular formula is C19H21NO2. The highest BCUT2D eigenvalue weighted by molar-refractivity contribution is 6.00. The van der Waals surface area contributed by atoms with Gasteiger partial charge in [0.25, 0.3) is 0 Å². The normalized spacial score (nSPS) is 16.9. The minimum Gasteiger partial charge on any atom is -0.350 e. The Labute approximate surface area is 131 Å². The van der Waals surface area contributed by atoms with Gasteiger partial charge < -0.3 is 9.47 Å². The van der Waals surface area contributed by atoms with Crippen LogP contribution in [0.4, 0.5) is 5.69 Å². The number of hydrogen-bond acceptors (Lipinski definition) is 3. The second-order valence-corrected chi connectivity index (χ2v) is 5.26. The fourth-order valence-corrected chi connectivity index (χ4v) is 2.55. The van der Waals surface area contributed by atoms with Crippen LogP contribution in [0.15, 0.2) is 59.6 Å². The fraction of sp³-hybridized carbons (Fsp3) is 0.316. The summed E-state index contributed by atoms with van der Waals surface area (Å²) in [5.41, 5.74) is 2.09. The third-order valence-corrected chi connectivity index (χ3v) is 3.72. The summed E-state index contributed by atoms with van der Waals surface area (Å²) in [5.74, 6) is 0. The van der Waals surface area contributed by atoms with Gasteiger partial charge in [-0.1, -0.05) is 49.4 Å². The molecule has 0 bridgehead atoms. The van der Waals surface area contributed by atoms with Gasteiger partial charge in [0, 0.05) is 17.5 Å². The highest BCUT2D eigenvalue weighted by Crippen LogP contribution is 2.26. The Morgan fingerprint density at radius 1 is 1.14 bits per heavy atom. The van der Waals surface area contributed by atoms with Crippen molar-refractivity contribution in [2.24, 2.45) is 4.99 Å². The van der Waals surface area contributed by atoms with Crippen molar-refractivity contribution in [2.45, 2.75) is 26.1 Å². The Morgan fingerprint density at radius 2 is 1.91 bits per heavy atom. The number of hydrogen-bond donors (Lipinski definition) is 0. The third-order valence-electron chi connectivity index (χ3n) is 3.72. The van der Waals surface area contributed by atoms with E-state index in [-0.39, 0.29) is 6.29 Å². The van der Waals surface area contributed by atoms with E-state index in [1.165, 1.54) is 10.8 Å². The van der Waals surface area contributed by atoms with Crippen molar-refractivity contribution in [3.8, 4) is 0 Å². The van der Waals surface area contributed by atoms with Crippen molar-refractivity contribution in [3.63, 3.8) is 0 Å². The topological polar surface area (TPSA) is 30.8 Å². The van der Waals surface area contributed by atoms with Crippen molar-refractivity contribution in [2.75, 3.05) is 13.2 Å². The van der Waals surface area contributed by atoms with Gasteiger partial charge >= 0.3 is 0 Å². The monoisotopic (exact) mass is 295 g/mol. The van der Waals surface area contributed by atoms with Crippen molar-refractivity contribution in [1.82, 2.24) is 0 Å². The summed E-state index contributed by atoms with van der Waals surface area (Å²) in [6.45, 7) is 3.52. The molecule has 22 heavy (non-hydrogen) atoms. The molecule has 0 amide bonds. The zero-order valence-corrected chi connectivity index (χ0v) is 12.9. The maximum atomic E-state index is 5.43. The van der Waals surface area contributed by atoms with E-state index in [1.807, 2.05) is 0 Å². The minimum atomic E-state index is -0.0908. The average Bonchev–Trinajstić information content (AvgIpc) is 3.07. The van der Waals surface area contributed by atoms with Crippen LogP contribution in [0.2, 0.25) is 0 Å². The molecule has 2 aromatic rings. The number of aliphatic imine (C=N–C) groups is 1. The van der Waals surface area contributed by atoms with E-state index in [0.29, 0.717) is 13.2 Å². The Hall–Kier alpha value is -1.97. The number of fused-ring (bicyclic) bond motifs is 1. The van der Waals surface area contributed by atoms with Crippen LogP contribution in [-0.4, -0.2) is 25.2 Å². The molecule has 0 spiro atoms. The maximum Gasteiger partial charge on any atom is 0.161 e. The molecular weight excluding hydrogens is 274 g/mol. The SMILES string of the molecule is CCC(/C=C\CC1OCCO1)=Nc1cccc2ccccc12. The molecule has 0 N–H and O–H groups in total. The van der Waals surface area contributed by atoms with Crippen LogP contribution in [0.1, 0.15) is 19.8 Å². The molecule has 0 unspecified atom stereocenters. The third kappa shape index (κ3) is 3.62. The number of allylic oxidation sites excluding steroid dienone is 1. The van der Waals surface area contributed by atoms with Crippen molar-refractivity contribution in [3.05, 3.63) is 54.6 Å². The lowest BCUT2D eigenvalue weighted by Gasteiger charge is -2.05. The first-order valence-electron chi connectivity index (χ1n) is 7.82. The maximum absolute atomic E-state index is 5.43. The Morgan fingerprint density at radius 3 is 2.73 bits per heavy atom. The summed E-state index contributed by atoms with van der Waals surface area (Å²) in [4.78, 5) is 4.82. The number of rotatable bonds is 5. The van der Waals surface area contributed by atoms with Crippen LogP contribution in [0, 0.1) is 0 Å². The molecule has 2 aromatic carbocycles. The van der Waals surface area contributed by atoms with Gasteiger partial charge in [0.15, 0.2) is 6.29 Å². The van der Waals surface area contributed by atoms with Crippen LogP contribution >= 0.6 is 0 Å². The second kappa shape index (κ2) is 7.34. The first-order valence-corrected chi connectivity index (χ1v) is 7.82. The predicted molar refractivity (Wildman–Crippen MR) is 90.8 cm³/mol. The van der Waals surface area contributed by atoms with Crippen LogP contribution in [0.5, 0.6) is 0 Å². The second-order valence-electron chi connectivity index (χ2n) is 5.26. The molecule has 1 aliphatic heterocycles. The largest absolute Gasteiger partial charge is 0.350 e. The van der Waals surface area contributed by atoms with Crippen LogP contribution in [0.25, 0.3) is 10.8 Å². The summed E-state index contributed by atoms with van der Waals surface area (Å²) < 4.78 is 10.9. The molecule has 3 nitrogen and oxygen atoms in total. The first-order chi connectivity index (χ1) is 10.9. The van der Waals surface area contributed by atoms with Crippen molar-refractivity contribution < 1.29 is 9.47 Å². The molecule has 1 aliphatic rings. The van der Waals surface area contributed by atoms with Gasteiger partial charge in [0.2, 0.25) is 0 Å². The van der Waals surface area contributed by atoms with E-state index in [4.69, 9.17) is 14.5 Å². The molecule has 1 fully saturated rings. The van der Waals surface area contributed by atoms with Gasteiger partial charge in [-0.25, -0.2) is 0 Å². The summed E-state index contributed by atoms with van der Waals surface area (Å²) in [5, 5.41) is 2.41. The van der Waals surface area contributed by atoms with Gasteiger partial charge in [-0.15, -0.1) is 0 Å². The number of nitrogens with zero attached hydrogens (tertiary/aromatic N) is 1. The molecule has 3 rings (SSSR count). The average molecular weight is 295 g/mol. The highest BCUT2D eigenvalue weighted by Gasteiger charge is 2.13. The standard InChI is InChI=1S/C19H21NO2/c1-2-16(9-6-12-19-21-13-14-22-19)20-18-11-5-8-15-7-3-4-10-17(15)18/h3-11,19H,2,12-14H2,1H3/b9-6-,20-16?. The molecule has 0 radical (unpaired) electrons. The molecule has 3 heteroatoms. The molecule has 0 saturated carbocycles. The minimum absolute atomic E-state index is 0.0908. The van der Waals surface area contributed by atoms with Crippen LogP contribution < -0.4 is 0 Å². The van der Waals surface area contributed by atoms with Crippen molar-refractivity contribution >= 4 is 22.2 Å². The molecule has 0 aliphatic carbocycles. The summed E-state index contributed by atoms with van der Waals surface area (Å²) >= 11 is 0. The number of ether oxygens (including phenoxy) is 2. The quantitative estimate of drug-likeness (QED) is 0.752. The summed E-state index contributed by atoms with van der Waals surface area (Å²) in [6.07, 6.45) is 5.74. The molecule has 1 heterocycles. The summed E-state index contributed by atoms with van der Waals surface area (Å²) in [7, 11) is 0. The van der Waals surface area contributed by atoms with E-state index in [1.54, 1.807) is 0 Å². The molecule has 0 atom stereocenters. The van der Waals surface area contributed by atoms with Crippen molar-refractivity contribution in [1.29, 1.82) is 0 Å². The van der Waals surface area contributed by atoms with E-state index in [2.05, 4.69) is 61.5 Å². The van der Waals surface area contributed by atoms with Crippen LogP contribution in [-0.2, 0) is 9.47 Å². The van der Waals surface area contributed by atoms with Gasteiger partial charge in [-0.2, -0.15) is 0 Å². The highest BCUT2D eigenvalue weighted by atomic mass is 16.7. The first kappa shape index (κ1) is 14.9. The van der Waals surface area contributed by atoms with E-state index < -0.39 is 0 Å². The smallest absolute Gasteiger partial charge is 0.161 e. The number of benzene rings is 2. The lowest BCUT2D eigenvalue weighted by molar-refractivity contribution is -0.0380. The molecule has 1 saturated heterocycles. The van der Waals surface area contributed by atoms with Gasteiger partial charge in [-0.3, -0.25) is 4.99 Å². The van der Waals surface area contributed by atoms with E-state index in [9.17, 15) is 0 Å². The van der Waals surface area contributed by atoms with Crippen LogP contribution in [0.3, 0.4) is 0 Å². The zero-order valence-electron chi connectivity index (χ0n) is 12.9. The lowest BCUT2D eigenvalue weighted by atomic mass is 10.1. The predicted octanol–water partition coefficient (Wildman–Crippen LogP) is 4.64. The van der Waals surface area contributed by atoms with Gasteiger partial charge in [0.1, 0.15) is 0 Å². The van der Waals surface area contributed by atoms with Gasteiger partial charge in [0.05, 0.1) is 18.9 Å². The lowest BCUT2D eigenvalue weighted by Crippen LogP contribution is -2.05.